The van der Waals surface area contributed by atoms with Crippen LogP contribution in [0, 0.1) is 18.8 Å². The molecule has 0 radical (unpaired) electrons. The van der Waals surface area contributed by atoms with E-state index in [1.165, 1.54) is 0 Å². The summed E-state index contributed by atoms with van der Waals surface area (Å²) < 4.78 is 0. The van der Waals surface area contributed by atoms with E-state index in [0.29, 0.717) is 18.4 Å². The monoisotopic (exact) mass is 296 g/mol. The number of aromatic nitrogens is 1. The van der Waals surface area contributed by atoms with Gasteiger partial charge in [-0.1, -0.05) is 30.7 Å². The van der Waals surface area contributed by atoms with Crippen LogP contribution in [0.2, 0.25) is 0 Å². The van der Waals surface area contributed by atoms with Gasteiger partial charge < -0.3 is 10.3 Å². The predicted molar refractivity (Wildman–Crippen MR) is 86.8 cm³/mol. The third kappa shape index (κ3) is 3.11. The van der Waals surface area contributed by atoms with Crippen molar-refractivity contribution < 1.29 is 4.79 Å². The second kappa shape index (κ2) is 5.79. The number of carbonyl (C=O) groups is 1. The van der Waals surface area contributed by atoms with E-state index in [4.69, 9.17) is 0 Å². The van der Waals surface area contributed by atoms with Crippen LogP contribution in [0.1, 0.15) is 29.3 Å². The second-order valence-electron chi connectivity index (χ2n) is 6.17. The van der Waals surface area contributed by atoms with Gasteiger partial charge in [0.25, 0.3) is 11.5 Å². The zero-order valence-corrected chi connectivity index (χ0v) is 12.8. The first-order chi connectivity index (χ1) is 10.5. The third-order valence-corrected chi connectivity index (χ3v) is 4.28. The highest BCUT2D eigenvalue weighted by molar-refractivity contribution is 5.94. The summed E-state index contributed by atoms with van der Waals surface area (Å²) in [7, 11) is 0. The molecule has 0 aliphatic heterocycles. The van der Waals surface area contributed by atoms with Crippen molar-refractivity contribution >= 4 is 5.91 Å². The maximum Gasteiger partial charge on any atom is 0.261 e. The lowest BCUT2D eigenvalue weighted by molar-refractivity contribution is 0.0950. The fourth-order valence-corrected chi connectivity index (χ4v) is 2.64. The lowest BCUT2D eigenvalue weighted by Gasteiger charge is -2.06. The first-order valence-electron chi connectivity index (χ1n) is 7.63. The molecule has 2 aromatic rings. The topological polar surface area (TPSA) is 62.0 Å². The largest absolute Gasteiger partial charge is 0.352 e. The van der Waals surface area contributed by atoms with Crippen molar-refractivity contribution in [3.63, 3.8) is 0 Å². The van der Waals surface area contributed by atoms with Crippen molar-refractivity contribution in [3.05, 3.63) is 57.9 Å². The number of H-pyrrole nitrogens is 1. The molecule has 0 spiro atoms. The van der Waals surface area contributed by atoms with Crippen LogP contribution >= 0.6 is 0 Å². The summed E-state index contributed by atoms with van der Waals surface area (Å²) in [6, 6.07) is 11.3. The van der Waals surface area contributed by atoms with Crippen LogP contribution in [0.4, 0.5) is 0 Å². The van der Waals surface area contributed by atoms with Gasteiger partial charge in [-0.15, -0.1) is 0 Å². The average molecular weight is 296 g/mol. The Morgan fingerprint density at radius 1 is 1.32 bits per heavy atom. The number of rotatable bonds is 4. The number of aryl methyl sites for hydroxylation is 1. The Labute approximate surface area is 129 Å². The van der Waals surface area contributed by atoms with Gasteiger partial charge in [-0.05, 0) is 48.9 Å². The van der Waals surface area contributed by atoms with Crippen molar-refractivity contribution in [2.45, 2.75) is 20.3 Å². The van der Waals surface area contributed by atoms with Crippen molar-refractivity contribution in [1.82, 2.24) is 10.3 Å². The summed E-state index contributed by atoms with van der Waals surface area (Å²) in [6.45, 7) is 4.82. The number of hydrogen-bond acceptors (Lipinski definition) is 2. The lowest BCUT2D eigenvalue weighted by atomic mass is 10.1. The summed E-state index contributed by atoms with van der Waals surface area (Å²) >= 11 is 0. The van der Waals surface area contributed by atoms with E-state index in [2.05, 4.69) is 17.2 Å². The van der Waals surface area contributed by atoms with E-state index < -0.39 is 0 Å². The van der Waals surface area contributed by atoms with Gasteiger partial charge in [0.15, 0.2) is 0 Å². The van der Waals surface area contributed by atoms with E-state index in [1.807, 2.05) is 31.2 Å². The molecule has 1 aliphatic carbocycles. The fourth-order valence-electron chi connectivity index (χ4n) is 2.64. The molecule has 4 nitrogen and oxygen atoms in total. The Morgan fingerprint density at radius 2 is 2.09 bits per heavy atom. The molecule has 1 amide bonds. The van der Waals surface area contributed by atoms with Gasteiger partial charge in [-0.3, -0.25) is 9.59 Å². The molecule has 0 unspecified atom stereocenters. The van der Waals surface area contributed by atoms with Gasteiger partial charge in [0, 0.05) is 12.2 Å². The van der Waals surface area contributed by atoms with Gasteiger partial charge in [0.05, 0.1) is 0 Å². The van der Waals surface area contributed by atoms with Crippen molar-refractivity contribution in [2.24, 2.45) is 11.8 Å². The molecule has 3 rings (SSSR count). The predicted octanol–water partition coefficient (Wildman–Crippen LogP) is 2.74. The Balaban J connectivity index is 1.77. The summed E-state index contributed by atoms with van der Waals surface area (Å²) in [5, 5.41) is 2.84. The SMILES string of the molecule is Cc1cccc(-c2ccc(C(=O)NC[C@H]3C[C@@H]3C)c(=O)[nH]2)c1. The number of hydrogen-bond donors (Lipinski definition) is 2. The molecule has 1 saturated carbocycles. The molecule has 114 valence electrons. The quantitative estimate of drug-likeness (QED) is 0.911. The van der Waals surface area contributed by atoms with Gasteiger partial charge in [0.2, 0.25) is 0 Å². The van der Waals surface area contributed by atoms with E-state index in [9.17, 15) is 9.59 Å². The zero-order valence-electron chi connectivity index (χ0n) is 12.8. The van der Waals surface area contributed by atoms with Crippen LogP contribution in [0.5, 0.6) is 0 Å². The first kappa shape index (κ1) is 14.6. The van der Waals surface area contributed by atoms with Crippen molar-refractivity contribution in [1.29, 1.82) is 0 Å². The lowest BCUT2D eigenvalue weighted by Crippen LogP contribution is -2.31. The van der Waals surface area contributed by atoms with Crippen LogP contribution < -0.4 is 10.9 Å². The number of aromatic amines is 1. The summed E-state index contributed by atoms with van der Waals surface area (Å²) in [5.41, 5.74) is 2.61. The normalized spacial score (nSPS) is 19.7. The molecule has 22 heavy (non-hydrogen) atoms. The van der Waals surface area contributed by atoms with E-state index in [0.717, 1.165) is 23.2 Å². The highest BCUT2D eigenvalue weighted by Crippen LogP contribution is 2.36. The minimum atomic E-state index is -0.347. The maximum absolute atomic E-state index is 12.1. The van der Waals surface area contributed by atoms with Gasteiger partial charge >= 0.3 is 0 Å². The Morgan fingerprint density at radius 3 is 2.73 bits per heavy atom. The molecule has 0 bridgehead atoms. The van der Waals surface area contributed by atoms with E-state index in [1.54, 1.807) is 12.1 Å². The van der Waals surface area contributed by atoms with Crippen LogP contribution in [-0.2, 0) is 0 Å². The molecule has 1 fully saturated rings. The Kier molecular flexibility index (Phi) is 3.84. The Bertz CT molecular complexity index is 764. The second-order valence-corrected chi connectivity index (χ2v) is 6.17. The number of pyridine rings is 1. The minimum absolute atomic E-state index is 0.171. The highest BCUT2D eigenvalue weighted by Gasteiger charge is 2.32. The molecule has 1 aromatic carbocycles. The molecule has 2 N–H and O–H groups in total. The molecular formula is C18H20N2O2. The summed E-state index contributed by atoms with van der Waals surface area (Å²) in [5.74, 6) is 0.952. The van der Waals surface area contributed by atoms with E-state index in [-0.39, 0.29) is 17.0 Å². The van der Waals surface area contributed by atoms with Crippen LogP contribution in [0.3, 0.4) is 0 Å². The third-order valence-electron chi connectivity index (χ3n) is 4.28. The van der Waals surface area contributed by atoms with Crippen molar-refractivity contribution in [2.75, 3.05) is 6.54 Å². The molecule has 2 atom stereocenters. The molecule has 4 heteroatoms. The molecule has 1 aromatic heterocycles. The van der Waals surface area contributed by atoms with Crippen LogP contribution in [-0.4, -0.2) is 17.4 Å². The van der Waals surface area contributed by atoms with Gasteiger partial charge in [0.1, 0.15) is 5.56 Å². The summed E-state index contributed by atoms with van der Waals surface area (Å²) in [4.78, 5) is 27.0. The minimum Gasteiger partial charge on any atom is -0.352 e. The smallest absolute Gasteiger partial charge is 0.261 e. The number of amides is 1. The zero-order chi connectivity index (χ0) is 15.7. The van der Waals surface area contributed by atoms with Gasteiger partial charge in [-0.2, -0.15) is 0 Å². The highest BCUT2D eigenvalue weighted by atomic mass is 16.2. The number of benzene rings is 1. The maximum atomic E-state index is 12.1. The number of nitrogens with one attached hydrogen (secondary N) is 2. The van der Waals surface area contributed by atoms with Crippen LogP contribution in [0.25, 0.3) is 11.3 Å². The molecule has 1 heterocycles. The standard InChI is InChI=1S/C18H20N2O2/c1-11-4-3-5-13(8-11)16-7-6-15(18(22)20-16)17(21)19-10-14-9-12(14)2/h3-8,12,14H,9-10H2,1-2H3,(H,19,21)(H,20,22)/t12-,14+/m0/s1. The van der Waals surface area contributed by atoms with E-state index >= 15 is 0 Å². The summed E-state index contributed by atoms with van der Waals surface area (Å²) in [6.07, 6.45) is 1.16. The number of carbonyl (C=O) groups excluding carboxylic acids is 1. The molecule has 1 aliphatic rings. The molecule has 0 saturated heterocycles. The fraction of sp³-hybridized carbons (Fsp3) is 0.333. The van der Waals surface area contributed by atoms with Gasteiger partial charge in [-0.25, -0.2) is 0 Å². The first-order valence-corrected chi connectivity index (χ1v) is 7.63. The van der Waals surface area contributed by atoms with Crippen LogP contribution in [0.15, 0.2) is 41.2 Å². The molecular weight excluding hydrogens is 276 g/mol. The average Bonchev–Trinajstić information content (AvgIpc) is 3.20. The Hall–Kier alpha value is -2.36. The van der Waals surface area contributed by atoms with Crippen molar-refractivity contribution in [3.8, 4) is 11.3 Å².